The van der Waals surface area contributed by atoms with Gasteiger partial charge in [0.2, 0.25) is 0 Å². The Hall–Kier alpha value is -1.80. The maximum atomic E-state index is 5.17. The summed E-state index contributed by atoms with van der Waals surface area (Å²) in [6, 6.07) is 10.9. The normalized spacial score (nSPS) is 17.1. The van der Waals surface area contributed by atoms with Gasteiger partial charge in [0.15, 0.2) is 0 Å². The average Bonchev–Trinajstić information content (AvgIpc) is 2.63. The maximum absolute atomic E-state index is 5.17. The van der Waals surface area contributed by atoms with Crippen molar-refractivity contribution in [1.82, 2.24) is 0 Å². The van der Waals surface area contributed by atoms with E-state index in [9.17, 15) is 0 Å². The second-order valence-corrected chi connectivity index (χ2v) is 6.28. The monoisotopic (exact) mass is 328 g/mol. The van der Waals surface area contributed by atoms with Gasteiger partial charge in [-0.15, -0.1) is 0 Å². The lowest BCUT2D eigenvalue weighted by atomic mass is 9.65. The van der Waals surface area contributed by atoms with E-state index in [2.05, 4.69) is 53.8 Å². The summed E-state index contributed by atoms with van der Waals surface area (Å²) in [6.45, 7) is 6.35. The van der Waals surface area contributed by atoms with Gasteiger partial charge in [0.25, 0.3) is 0 Å². The summed E-state index contributed by atoms with van der Waals surface area (Å²) in [5, 5.41) is 0. The first kappa shape index (κ1) is 20.2. The van der Waals surface area contributed by atoms with Gasteiger partial charge in [0, 0.05) is 19.6 Å². The van der Waals surface area contributed by atoms with Gasteiger partial charge in [-0.05, 0) is 37.0 Å². The van der Waals surface area contributed by atoms with Gasteiger partial charge >= 0.3 is 0 Å². The molecule has 0 bridgehead atoms. The fourth-order valence-electron chi connectivity index (χ4n) is 3.24. The third-order valence-corrected chi connectivity index (χ3v) is 4.60. The lowest BCUT2D eigenvalue weighted by Gasteiger charge is -2.39. The minimum absolute atomic E-state index is 0.116. The molecule has 24 heavy (non-hydrogen) atoms. The molecular formula is C22H32O2. The zero-order chi connectivity index (χ0) is 17.8. The van der Waals surface area contributed by atoms with Crippen LogP contribution in [0.2, 0.25) is 0 Å². The molecule has 1 saturated carbocycles. The van der Waals surface area contributed by atoms with Crippen molar-refractivity contribution in [3.63, 3.8) is 0 Å². The highest BCUT2D eigenvalue weighted by atomic mass is 16.5. The van der Waals surface area contributed by atoms with Crippen LogP contribution in [0.1, 0.15) is 44.6 Å². The zero-order valence-corrected chi connectivity index (χ0v) is 15.7. The van der Waals surface area contributed by atoms with Crippen molar-refractivity contribution < 1.29 is 9.47 Å². The number of hydrogen-bond donors (Lipinski definition) is 0. The first-order valence-electron chi connectivity index (χ1n) is 8.64. The summed E-state index contributed by atoms with van der Waals surface area (Å²) in [4.78, 5) is 0. The molecule has 0 amide bonds. The van der Waals surface area contributed by atoms with Gasteiger partial charge in [0.1, 0.15) is 0 Å². The lowest BCUT2D eigenvalue weighted by molar-refractivity contribution is 0.277. The Bertz CT molecular complexity index is 534. The van der Waals surface area contributed by atoms with Crippen LogP contribution < -0.4 is 0 Å². The number of ether oxygens (including phenoxy) is 2. The molecule has 0 atom stereocenters. The topological polar surface area (TPSA) is 18.5 Å². The Labute approximate surface area is 147 Å². The van der Waals surface area contributed by atoms with Crippen molar-refractivity contribution in [1.29, 1.82) is 0 Å². The number of rotatable bonds is 5. The molecule has 1 fully saturated rings. The van der Waals surface area contributed by atoms with E-state index in [0.29, 0.717) is 0 Å². The number of allylic oxidation sites excluding steroid dienone is 5. The van der Waals surface area contributed by atoms with Gasteiger partial charge in [0.05, 0.1) is 12.9 Å². The average molecular weight is 328 g/mol. The van der Waals surface area contributed by atoms with Gasteiger partial charge in [-0.2, -0.15) is 0 Å². The molecule has 1 aromatic rings. The highest BCUT2D eigenvalue weighted by molar-refractivity contribution is 5.41. The molecule has 2 rings (SSSR count). The highest BCUT2D eigenvalue weighted by Gasteiger charge is 2.35. The first-order chi connectivity index (χ1) is 11.6. The Morgan fingerprint density at radius 1 is 1.04 bits per heavy atom. The molecule has 132 valence electrons. The van der Waals surface area contributed by atoms with E-state index < -0.39 is 0 Å². The smallest absolute Gasteiger partial charge is 0.0924 e. The van der Waals surface area contributed by atoms with Crippen LogP contribution in [0.3, 0.4) is 0 Å². The van der Waals surface area contributed by atoms with Crippen LogP contribution in [0, 0.1) is 0 Å². The molecule has 0 heterocycles. The van der Waals surface area contributed by atoms with E-state index in [1.54, 1.807) is 21.3 Å². The lowest BCUT2D eigenvalue weighted by Crippen LogP contribution is -2.30. The van der Waals surface area contributed by atoms with E-state index >= 15 is 0 Å². The van der Waals surface area contributed by atoms with Crippen LogP contribution in [0.5, 0.6) is 0 Å². The Morgan fingerprint density at radius 3 is 2.17 bits per heavy atom. The summed E-state index contributed by atoms with van der Waals surface area (Å²) in [5.41, 5.74) is 2.74. The summed E-state index contributed by atoms with van der Waals surface area (Å²) >= 11 is 0. The molecule has 2 nitrogen and oxygen atoms in total. The van der Waals surface area contributed by atoms with Crippen LogP contribution in [0.4, 0.5) is 0 Å². The van der Waals surface area contributed by atoms with E-state index in [0.717, 1.165) is 5.76 Å². The minimum atomic E-state index is 0.116. The molecule has 1 aliphatic carbocycles. The largest absolute Gasteiger partial charge is 0.501 e. The first-order valence-corrected chi connectivity index (χ1v) is 8.64. The van der Waals surface area contributed by atoms with Crippen molar-refractivity contribution in [3.8, 4) is 0 Å². The Kier molecular flexibility index (Phi) is 9.18. The van der Waals surface area contributed by atoms with Crippen molar-refractivity contribution in [2.45, 2.75) is 44.4 Å². The van der Waals surface area contributed by atoms with E-state index in [-0.39, 0.29) is 5.41 Å². The van der Waals surface area contributed by atoms with Gasteiger partial charge in [-0.1, -0.05) is 68.3 Å². The predicted molar refractivity (Wildman–Crippen MR) is 103 cm³/mol. The van der Waals surface area contributed by atoms with Gasteiger partial charge in [-0.25, -0.2) is 0 Å². The summed E-state index contributed by atoms with van der Waals surface area (Å²) in [5.74, 6) is 0.913. The summed E-state index contributed by atoms with van der Waals surface area (Å²) in [6.07, 6.45) is 12.5. The van der Waals surface area contributed by atoms with E-state index in [1.165, 1.54) is 43.2 Å². The zero-order valence-electron chi connectivity index (χ0n) is 15.7. The summed E-state index contributed by atoms with van der Waals surface area (Å²) < 4.78 is 9.42. The third kappa shape index (κ3) is 5.68. The molecule has 1 aromatic carbocycles. The molecule has 0 aromatic heterocycles. The fraction of sp³-hybridized carbons (Fsp3) is 0.455. The molecule has 0 radical (unpaired) electrons. The number of hydrogen-bond acceptors (Lipinski definition) is 2. The minimum Gasteiger partial charge on any atom is -0.501 e. The number of methoxy groups -OCH3 is 2. The quantitative estimate of drug-likeness (QED) is 0.501. The van der Waals surface area contributed by atoms with Crippen LogP contribution in [-0.4, -0.2) is 21.3 Å². The molecular weight excluding hydrogens is 296 g/mol. The standard InChI is InChI=1S/C20H26O.C2H6O/c1-17(11-10-12-18(2)21-3)20(15-8-5-9-16-20)19-13-6-4-7-14-19;1-3-2/h4,6-7,10-14H,1,5,8-9,15-16H2,2-3H3;1-2H3/b11-10-,18-12+;. The fourth-order valence-corrected chi connectivity index (χ4v) is 3.24. The van der Waals surface area contributed by atoms with Crippen molar-refractivity contribution >= 4 is 0 Å². The molecule has 1 aliphatic rings. The highest BCUT2D eigenvalue weighted by Crippen LogP contribution is 2.44. The molecule has 0 saturated heterocycles. The number of benzene rings is 1. The molecule has 0 aliphatic heterocycles. The molecule has 0 spiro atoms. The SMILES string of the molecule is C=C(/C=C\C=C(/C)OC)C1(c2ccccc2)CCCCC1.COC. The maximum Gasteiger partial charge on any atom is 0.0924 e. The van der Waals surface area contributed by atoms with Gasteiger partial charge in [-0.3, -0.25) is 0 Å². The Morgan fingerprint density at radius 2 is 1.62 bits per heavy atom. The van der Waals surface area contributed by atoms with Crippen LogP contribution in [0.25, 0.3) is 0 Å². The van der Waals surface area contributed by atoms with Gasteiger partial charge < -0.3 is 9.47 Å². The predicted octanol–water partition coefficient (Wildman–Crippen LogP) is 5.81. The van der Waals surface area contributed by atoms with Crippen molar-refractivity contribution in [2.75, 3.05) is 21.3 Å². The van der Waals surface area contributed by atoms with E-state index in [1.807, 2.05) is 13.0 Å². The second kappa shape index (κ2) is 10.9. The summed E-state index contributed by atoms with van der Waals surface area (Å²) in [7, 11) is 4.95. The Balaban J connectivity index is 0.000000891. The van der Waals surface area contributed by atoms with Crippen LogP contribution in [0.15, 0.2) is 66.5 Å². The molecule has 0 N–H and O–H groups in total. The van der Waals surface area contributed by atoms with Crippen LogP contribution >= 0.6 is 0 Å². The van der Waals surface area contributed by atoms with Crippen molar-refractivity contribution in [2.24, 2.45) is 0 Å². The van der Waals surface area contributed by atoms with Crippen LogP contribution in [-0.2, 0) is 14.9 Å². The molecule has 2 heteroatoms. The second-order valence-electron chi connectivity index (χ2n) is 6.28. The molecule has 0 unspecified atom stereocenters. The third-order valence-electron chi connectivity index (χ3n) is 4.60. The van der Waals surface area contributed by atoms with Crippen molar-refractivity contribution in [3.05, 3.63) is 72.0 Å². The van der Waals surface area contributed by atoms with E-state index in [4.69, 9.17) is 4.74 Å².